The fourth-order valence-electron chi connectivity index (χ4n) is 3.18. The van der Waals surface area contributed by atoms with E-state index in [2.05, 4.69) is 10.6 Å². The lowest BCUT2D eigenvalue weighted by Gasteiger charge is -2.37. The molecule has 29 heavy (non-hydrogen) atoms. The van der Waals surface area contributed by atoms with Crippen LogP contribution in [0.25, 0.3) is 0 Å². The standard InChI is InChI=1S/C20H31N3O6/c1-13(2)17(18(28)21-9-10-24)22-14(25)11-19(3,4)29-20(5,6)12-23-15(26)7-8-16(23)27/h7-8,10,13,17H,9,11-12H2,1-6H3,(H,21,28)(H,22,25). The van der Waals surface area contributed by atoms with Crippen LogP contribution in [0.3, 0.4) is 0 Å². The molecular weight excluding hydrogens is 378 g/mol. The summed E-state index contributed by atoms with van der Waals surface area (Å²) in [7, 11) is 0. The quantitative estimate of drug-likeness (QED) is 0.375. The third kappa shape index (κ3) is 7.77. The third-order valence-corrected chi connectivity index (χ3v) is 4.20. The van der Waals surface area contributed by atoms with Crippen LogP contribution < -0.4 is 10.6 Å². The van der Waals surface area contributed by atoms with Crippen LogP contribution >= 0.6 is 0 Å². The zero-order chi connectivity index (χ0) is 22.4. The third-order valence-electron chi connectivity index (χ3n) is 4.20. The van der Waals surface area contributed by atoms with E-state index in [9.17, 15) is 24.0 Å². The molecule has 0 bridgehead atoms. The van der Waals surface area contributed by atoms with Gasteiger partial charge in [-0.15, -0.1) is 0 Å². The van der Waals surface area contributed by atoms with Crippen LogP contribution in [-0.4, -0.2) is 65.1 Å². The van der Waals surface area contributed by atoms with Gasteiger partial charge in [0.25, 0.3) is 11.8 Å². The molecule has 0 saturated carbocycles. The highest BCUT2D eigenvalue weighted by molar-refractivity contribution is 6.12. The number of rotatable bonds is 11. The molecule has 0 aromatic carbocycles. The maximum absolute atomic E-state index is 12.5. The Labute approximate surface area is 171 Å². The average Bonchev–Trinajstić information content (AvgIpc) is 2.87. The van der Waals surface area contributed by atoms with Gasteiger partial charge in [0.2, 0.25) is 11.8 Å². The molecule has 0 saturated heterocycles. The van der Waals surface area contributed by atoms with E-state index in [0.29, 0.717) is 6.29 Å². The Morgan fingerprint density at radius 1 is 1.10 bits per heavy atom. The molecule has 1 heterocycles. The Hall–Kier alpha value is -2.55. The molecule has 162 valence electrons. The van der Waals surface area contributed by atoms with Gasteiger partial charge < -0.3 is 20.2 Å². The van der Waals surface area contributed by atoms with Crippen molar-refractivity contribution in [3.8, 4) is 0 Å². The number of aldehydes is 1. The number of nitrogens with zero attached hydrogens (tertiary/aromatic N) is 1. The monoisotopic (exact) mass is 409 g/mol. The van der Waals surface area contributed by atoms with Crippen LogP contribution in [0.15, 0.2) is 12.2 Å². The second-order valence-corrected chi connectivity index (χ2v) is 8.60. The molecule has 1 atom stereocenters. The van der Waals surface area contributed by atoms with Crippen LogP contribution in [0.4, 0.5) is 0 Å². The lowest BCUT2D eigenvalue weighted by molar-refractivity contribution is -0.159. The number of imide groups is 1. The second-order valence-electron chi connectivity index (χ2n) is 8.60. The van der Waals surface area contributed by atoms with E-state index in [-0.39, 0.29) is 31.3 Å². The predicted octanol–water partition coefficient (Wildman–Crippen LogP) is 0.331. The first-order valence-corrected chi connectivity index (χ1v) is 9.52. The molecule has 2 N–H and O–H groups in total. The molecule has 1 aliphatic rings. The van der Waals surface area contributed by atoms with Gasteiger partial charge in [-0.05, 0) is 33.6 Å². The average molecular weight is 409 g/mol. The lowest BCUT2D eigenvalue weighted by atomic mass is 9.99. The molecule has 1 rings (SSSR count). The van der Waals surface area contributed by atoms with Gasteiger partial charge in [0.1, 0.15) is 12.3 Å². The highest BCUT2D eigenvalue weighted by Crippen LogP contribution is 2.25. The fraction of sp³-hybridized carbons (Fsp3) is 0.650. The fourth-order valence-corrected chi connectivity index (χ4v) is 3.18. The van der Waals surface area contributed by atoms with Gasteiger partial charge in [0.05, 0.1) is 30.7 Å². The molecule has 4 amide bonds. The van der Waals surface area contributed by atoms with E-state index in [1.807, 2.05) is 0 Å². The highest BCUT2D eigenvalue weighted by Gasteiger charge is 2.37. The van der Waals surface area contributed by atoms with Gasteiger partial charge >= 0.3 is 0 Å². The van der Waals surface area contributed by atoms with Crippen molar-refractivity contribution in [2.45, 2.75) is 65.2 Å². The van der Waals surface area contributed by atoms with Crippen molar-refractivity contribution in [1.82, 2.24) is 15.5 Å². The Morgan fingerprint density at radius 2 is 1.66 bits per heavy atom. The topological polar surface area (TPSA) is 122 Å². The number of nitrogens with one attached hydrogen (secondary N) is 2. The first kappa shape index (κ1) is 24.5. The summed E-state index contributed by atoms with van der Waals surface area (Å²) in [6.45, 7) is 10.4. The normalized spacial score (nSPS) is 15.6. The molecular formula is C20H31N3O6. The van der Waals surface area contributed by atoms with Crippen molar-refractivity contribution in [2.75, 3.05) is 13.1 Å². The largest absolute Gasteiger partial charge is 0.367 e. The van der Waals surface area contributed by atoms with E-state index >= 15 is 0 Å². The van der Waals surface area contributed by atoms with Gasteiger partial charge in [0, 0.05) is 12.2 Å². The Balaban J connectivity index is 2.70. The molecule has 1 unspecified atom stereocenters. The molecule has 0 radical (unpaired) electrons. The van der Waals surface area contributed by atoms with Gasteiger partial charge in [-0.2, -0.15) is 0 Å². The lowest BCUT2D eigenvalue weighted by Crippen LogP contribution is -2.52. The van der Waals surface area contributed by atoms with Crippen molar-refractivity contribution in [3.63, 3.8) is 0 Å². The van der Waals surface area contributed by atoms with E-state index in [0.717, 1.165) is 4.90 Å². The Morgan fingerprint density at radius 3 is 2.14 bits per heavy atom. The van der Waals surface area contributed by atoms with Crippen LogP contribution in [0.2, 0.25) is 0 Å². The van der Waals surface area contributed by atoms with E-state index in [4.69, 9.17) is 4.74 Å². The van der Waals surface area contributed by atoms with Gasteiger partial charge in [-0.3, -0.25) is 24.1 Å². The molecule has 0 aliphatic carbocycles. The zero-order valence-corrected chi connectivity index (χ0v) is 17.9. The smallest absolute Gasteiger partial charge is 0.253 e. The molecule has 9 heteroatoms. The van der Waals surface area contributed by atoms with Crippen LogP contribution in [0, 0.1) is 5.92 Å². The minimum atomic E-state index is -0.923. The molecule has 9 nitrogen and oxygen atoms in total. The summed E-state index contributed by atoms with van der Waals surface area (Å²) in [4.78, 5) is 59.7. The minimum Gasteiger partial charge on any atom is -0.367 e. The van der Waals surface area contributed by atoms with Crippen molar-refractivity contribution in [1.29, 1.82) is 0 Å². The summed E-state index contributed by atoms with van der Waals surface area (Å²) in [6.07, 6.45) is 2.94. The predicted molar refractivity (Wildman–Crippen MR) is 106 cm³/mol. The summed E-state index contributed by atoms with van der Waals surface area (Å²) in [5.41, 5.74) is -1.81. The SMILES string of the molecule is CC(C)C(NC(=O)CC(C)(C)OC(C)(C)CN1C(=O)C=CC1=O)C(=O)NCC=O. The van der Waals surface area contributed by atoms with Crippen molar-refractivity contribution in [2.24, 2.45) is 5.92 Å². The second kappa shape index (κ2) is 9.78. The van der Waals surface area contributed by atoms with E-state index < -0.39 is 35.0 Å². The summed E-state index contributed by atoms with van der Waals surface area (Å²) >= 11 is 0. The molecule has 1 aliphatic heterocycles. The maximum atomic E-state index is 12.5. The van der Waals surface area contributed by atoms with Gasteiger partial charge in [-0.1, -0.05) is 13.8 Å². The Bertz CT molecular complexity index is 678. The number of hydrogen-bond donors (Lipinski definition) is 2. The van der Waals surface area contributed by atoms with E-state index in [1.165, 1.54) is 12.2 Å². The van der Waals surface area contributed by atoms with Crippen LogP contribution in [-0.2, 0) is 28.7 Å². The minimum absolute atomic E-state index is 0.0409. The summed E-state index contributed by atoms with van der Waals surface area (Å²) in [5, 5.41) is 5.12. The first-order valence-electron chi connectivity index (χ1n) is 9.52. The molecule has 0 aromatic rings. The van der Waals surface area contributed by atoms with Gasteiger partial charge in [0.15, 0.2) is 0 Å². The summed E-state index contributed by atoms with van der Waals surface area (Å²) < 4.78 is 6.04. The van der Waals surface area contributed by atoms with Crippen LogP contribution in [0.1, 0.15) is 48.0 Å². The highest BCUT2D eigenvalue weighted by atomic mass is 16.5. The van der Waals surface area contributed by atoms with Gasteiger partial charge in [-0.25, -0.2) is 0 Å². The van der Waals surface area contributed by atoms with Crippen molar-refractivity contribution >= 4 is 29.9 Å². The first-order chi connectivity index (χ1) is 13.3. The molecule has 0 aromatic heterocycles. The zero-order valence-electron chi connectivity index (χ0n) is 17.9. The number of hydrogen-bond acceptors (Lipinski definition) is 6. The number of ether oxygens (including phenoxy) is 1. The maximum Gasteiger partial charge on any atom is 0.253 e. The summed E-state index contributed by atoms with van der Waals surface area (Å²) in [5.74, 6) is -1.80. The van der Waals surface area contributed by atoms with E-state index in [1.54, 1.807) is 41.5 Å². The number of carbonyl (C=O) groups excluding carboxylic acids is 5. The summed E-state index contributed by atoms with van der Waals surface area (Å²) in [6, 6.07) is -0.780. The number of amides is 4. The van der Waals surface area contributed by atoms with Crippen molar-refractivity contribution in [3.05, 3.63) is 12.2 Å². The Kier molecular flexibility index (Phi) is 8.25. The molecule has 0 fully saturated rings. The molecule has 0 spiro atoms. The van der Waals surface area contributed by atoms with Crippen LogP contribution in [0.5, 0.6) is 0 Å². The number of carbonyl (C=O) groups is 5. The van der Waals surface area contributed by atoms with Crippen molar-refractivity contribution < 1.29 is 28.7 Å².